The number of benzene rings is 2. The summed E-state index contributed by atoms with van der Waals surface area (Å²) in [5.41, 5.74) is 5.18. The van der Waals surface area contributed by atoms with Crippen LogP contribution in [-0.4, -0.2) is 14.2 Å². The summed E-state index contributed by atoms with van der Waals surface area (Å²) in [4.78, 5) is 0. The maximum absolute atomic E-state index is 5.51. The van der Waals surface area contributed by atoms with Crippen LogP contribution >= 0.6 is 0 Å². The van der Waals surface area contributed by atoms with Gasteiger partial charge in [-0.3, -0.25) is 0 Å². The fraction of sp³-hybridized carbons (Fsp3) is 0.333. The van der Waals surface area contributed by atoms with Crippen molar-refractivity contribution in [3.8, 4) is 5.75 Å². The second-order valence-corrected chi connectivity index (χ2v) is 5.22. The van der Waals surface area contributed by atoms with Gasteiger partial charge in [-0.25, -0.2) is 0 Å². The van der Waals surface area contributed by atoms with Crippen LogP contribution in [0.25, 0.3) is 0 Å². The Hall–Kier alpha value is -1.80. The predicted molar refractivity (Wildman–Crippen MR) is 84.4 cm³/mol. The van der Waals surface area contributed by atoms with E-state index in [-0.39, 0.29) is 6.04 Å². The topological polar surface area (TPSA) is 21.3 Å². The largest absolute Gasteiger partial charge is 0.496 e. The molecule has 0 spiro atoms. The molecular formula is C18H23NO. The number of nitrogens with one attached hydrogen (secondary N) is 1. The van der Waals surface area contributed by atoms with Gasteiger partial charge in [-0.2, -0.15) is 0 Å². The average Bonchev–Trinajstić information content (AvgIpc) is 2.46. The summed E-state index contributed by atoms with van der Waals surface area (Å²) < 4.78 is 5.51. The standard InChI is InChI=1S/C18H23NO/c1-13-9-10-18(20-4)16(11-13)17(19-3)12-15-8-6-5-7-14(15)2/h5-11,17,19H,12H2,1-4H3. The van der Waals surface area contributed by atoms with Crippen LogP contribution in [0.5, 0.6) is 5.75 Å². The molecule has 0 heterocycles. The Kier molecular flexibility index (Phi) is 4.80. The molecule has 0 aliphatic heterocycles. The normalized spacial score (nSPS) is 12.2. The number of rotatable bonds is 5. The Balaban J connectivity index is 2.33. The molecule has 1 unspecified atom stereocenters. The van der Waals surface area contributed by atoms with Crippen LogP contribution < -0.4 is 10.1 Å². The lowest BCUT2D eigenvalue weighted by atomic mass is 9.94. The van der Waals surface area contributed by atoms with Crippen molar-refractivity contribution in [2.24, 2.45) is 0 Å². The molecule has 2 aromatic rings. The van der Waals surface area contributed by atoms with Crippen LogP contribution in [0.4, 0.5) is 0 Å². The van der Waals surface area contributed by atoms with Gasteiger partial charge in [0, 0.05) is 11.6 Å². The van der Waals surface area contributed by atoms with Gasteiger partial charge in [0.25, 0.3) is 0 Å². The summed E-state index contributed by atoms with van der Waals surface area (Å²) in [7, 11) is 3.74. The van der Waals surface area contributed by atoms with Gasteiger partial charge in [-0.1, -0.05) is 42.0 Å². The summed E-state index contributed by atoms with van der Waals surface area (Å²) in [6.45, 7) is 4.28. The second-order valence-electron chi connectivity index (χ2n) is 5.22. The van der Waals surface area contributed by atoms with Crippen LogP contribution in [0.3, 0.4) is 0 Å². The molecular weight excluding hydrogens is 246 g/mol. The molecule has 2 aromatic carbocycles. The third-order valence-corrected chi connectivity index (χ3v) is 3.79. The molecule has 1 atom stereocenters. The Morgan fingerprint density at radius 3 is 2.50 bits per heavy atom. The highest BCUT2D eigenvalue weighted by Crippen LogP contribution is 2.29. The third kappa shape index (κ3) is 3.20. The summed E-state index contributed by atoms with van der Waals surface area (Å²) in [5.74, 6) is 0.948. The van der Waals surface area contributed by atoms with E-state index >= 15 is 0 Å². The molecule has 20 heavy (non-hydrogen) atoms. The average molecular weight is 269 g/mol. The van der Waals surface area contributed by atoms with Crippen LogP contribution in [0.2, 0.25) is 0 Å². The first kappa shape index (κ1) is 14.6. The van der Waals surface area contributed by atoms with Crippen LogP contribution in [-0.2, 0) is 6.42 Å². The summed E-state index contributed by atoms with van der Waals surface area (Å²) in [6.07, 6.45) is 0.961. The zero-order valence-electron chi connectivity index (χ0n) is 12.7. The molecule has 106 valence electrons. The Morgan fingerprint density at radius 2 is 1.85 bits per heavy atom. The first-order valence-electron chi connectivity index (χ1n) is 7.02. The van der Waals surface area contributed by atoms with Crippen molar-refractivity contribution < 1.29 is 4.74 Å². The monoisotopic (exact) mass is 269 g/mol. The van der Waals surface area contributed by atoms with E-state index in [1.807, 2.05) is 13.1 Å². The molecule has 0 aromatic heterocycles. The quantitative estimate of drug-likeness (QED) is 0.891. The highest BCUT2D eigenvalue weighted by molar-refractivity contribution is 5.40. The van der Waals surface area contributed by atoms with Gasteiger partial charge >= 0.3 is 0 Å². The minimum atomic E-state index is 0.256. The van der Waals surface area contributed by atoms with E-state index in [0.717, 1.165) is 12.2 Å². The molecule has 0 aliphatic carbocycles. The molecule has 2 rings (SSSR count). The molecule has 0 bridgehead atoms. The van der Waals surface area contributed by atoms with E-state index in [0.29, 0.717) is 0 Å². The summed E-state index contributed by atoms with van der Waals surface area (Å²) >= 11 is 0. The highest BCUT2D eigenvalue weighted by Gasteiger charge is 2.16. The fourth-order valence-corrected chi connectivity index (χ4v) is 2.55. The smallest absolute Gasteiger partial charge is 0.123 e. The molecule has 0 saturated heterocycles. The predicted octanol–water partition coefficient (Wildman–Crippen LogP) is 3.82. The highest BCUT2D eigenvalue weighted by atomic mass is 16.5. The second kappa shape index (κ2) is 6.58. The van der Waals surface area contributed by atoms with Crippen molar-refractivity contribution in [2.75, 3.05) is 14.2 Å². The maximum atomic E-state index is 5.51. The Bertz CT molecular complexity index is 577. The molecule has 0 amide bonds. The minimum absolute atomic E-state index is 0.256. The van der Waals surface area contributed by atoms with Gasteiger partial charge in [0.2, 0.25) is 0 Å². The van der Waals surface area contributed by atoms with E-state index in [9.17, 15) is 0 Å². The van der Waals surface area contributed by atoms with Crippen molar-refractivity contribution >= 4 is 0 Å². The van der Waals surface area contributed by atoms with E-state index < -0.39 is 0 Å². The number of likely N-dealkylation sites (N-methyl/N-ethyl adjacent to an activating group) is 1. The van der Waals surface area contributed by atoms with E-state index in [1.54, 1.807) is 7.11 Å². The van der Waals surface area contributed by atoms with Crippen LogP contribution in [0, 0.1) is 13.8 Å². The first-order valence-corrected chi connectivity index (χ1v) is 7.02. The number of hydrogen-bond donors (Lipinski definition) is 1. The van der Waals surface area contributed by atoms with E-state index in [2.05, 4.69) is 55.6 Å². The van der Waals surface area contributed by atoms with Crippen molar-refractivity contribution in [1.82, 2.24) is 5.32 Å². The van der Waals surface area contributed by atoms with Crippen molar-refractivity contribution in [3.05, 3.63) is 64.7 Å². The lowest BCUT2D eigenvalue weighted by Gasteiger charge is -2.21. The lowest BCUT2D eigenvalue weighted by Crippen LogP contribution is -2.20. The fourth-order valence-electron chi connectivity index (χ4n) is 2.55. The van der Waals surface area contributed by atoms with Crippen LogP contribution in [0.1, 0.15) is 28.3 Å². The lowest BCUT2D eigenvalue weighted by molar-refractivity contribution is 0.401. The van der Waals surface area contributed by atoms with Gasteiger partial charge in [0.1, 0.15) is 5.75 Å². The van der Waals surface area contributed by atoms with Crippen molar-refractivity contribution in [2.45, 2.75) is 26.3 Å². The Morgan fingerprint density at radius 1 is 1.10 bits per heavy atom. The third-order valence-electron chi connectivity index (χ3n) is 3.79. The van der Waals surface area contributed by atoms with Gasteiger partial charge in [-0.05, 0) is 44.5 Å². The van der Waals surface area contributed by atoms with Gasteiger partial charge in [-0.15, -0.1) is 0 Å². The van der Waals surface area contributed by atoms with Gasteiger partial charge < -0.3 is 10.1 Å². The van der Waals surface area contributed by atoms with Gasteiger partial charge in [0.15, 0.2) is 0 Å². The van der Waals surface area contributed by atoms with Crippen LogP contribution in [0.15, 0.2) is 42.5 Å². The SMILES string of the molecule is CNC(Cc1ccccc1C)c1cc(C)ccc1OC. The minimum Gasteiger partial charge on any atom is -0.496 e. The van der Waals surface area contributed by atoms with E-state index in [1.165, 1.54) is 22.3 Å². The molecule has 0 radical (unpaired) electrons. The summed E-state index contributed by atoms with van der Waals surface area (Å²) in [6, 6.07) is 15.1. The van der Waals surface area contributed by atoms with Crippen molar-refractivity contribution in [3.63, 3.8) is 0 Å². The number of aryl methyl sites for hydroxylation is 2. The molecule has 0 saturated carbocycles. The first-order chi connectivity index (χ1) is 9.65. The number of methoxy groups -OCH3 is 1. The zero-order valence-corrected chi connectivity index (χ0v) is 12.7. The maximum Gasteiger partial charge on any atom is 0.123 e. The summed E-state index contributed by atoms with van der Waals surface area (Å²) in [5, 5.41) is 3.42. The molecule has 0 fully saturated rings. The molecule has 0 aliphatic rings. The molecule has 2 heteroatoms. The molecule has 1 N–H and O–H groups in total. The van der Waals surface area contributed by atoms with Gasteiger partial charge in [0.05, 0.1) is 7.11 Å². The zero-order chi connectivity index (χ0) is 14.5. The van der Waals surface area contributed by atoms with E-state index in [4.69, 9.17) is 4.74 Å². The Labute approximate surface area is 121 Å². The number of ether oxygens (including phenoxy) is 1. The molecule has 2 nitrogen and oxygen atoms in total. The number of hydrogen-bond acceptors (Lipinski definition) is 2. The van der Waals surface area contributed by atoms with Crippen molar-refractivity contribution in [1.29, 1.82) is 0 Å².